The van der Waals surface area contributed by atoms with Crippen molar-refractivity contribution >= 4 is 11.4 Å². The highest BCUT2D eigenvalue weighted by Crippen LogP contribution is 2.48. The predicted molar refractivity (Wildman–Crippen MR) is 78.3 cm³/mol. The fraction of sp³-hybridized carbons (Fsp3) is 0.625. The monoisotopic (exact) mass is 244 g/mol. The fourth-order valence-electron chi connectivity index (χ4n) is 2.80. The van der Waals surface area contributed by atoms with Crippen LogP contribution in [0, 0.1) is 5.41 Å². The molecule has 2 aliphatic rings. The van der Waals surface area contributed by atoms with Crippen molar-refractivity contribution in [2.45, 2.75) is 45.6 Å². The maximum Gasteiger partial charge on any atom is 0.0367 e. The summed E-state index contributed by atoms with van der Waals surface area (Å²) in [5.74, 6) is 0. The standard InChI is InChI=1S/C16H24N2/c1-13(16(2)9-10-16)17-14-5-7-15(8-6-14)18-11-3-4-12-18/h5-8,13,17H,3-4,9-12H2,1-2H3. The van der Waals surface area contributed by atoms with Crippen LogP contribution in [0.3, 0.4) is 0 Å². The molecule has 1 saturated heterocycles. The smallest absolute Gasteiger partial charge is 0.0367 e. The minimum atomic E-state index is 0.535. The van der Waals surface area contributed by atoms with Gasteiger partial charge in [0, 0.05) is 30.5 Å². The Labute approximate surface area is 110 Å². The van der Waals surface area contributed by atoms with Gasteiger partial charge in [0.15, 0.2) is 0 Å². The van der Waals surface area contributed by atoms with Crippen LogP contribution in [-0.4, -0.2) is 19.1 Å². The van der Waals surface area contributed by atoms with Crippen molar-refractivity contribution in [3.05, 3.63) is 24.3 Å². The van der Waals surface area contributed by atoms with Gasteiger partial charge in [-0.1, -0.05) is 6.92 Å². The third kappa shape index (κ3) is 2.33. The topological polar surface area (TPSA) is 15.3 Å². The second-order valence-electron chi connectivity index (χ2n) is 6.26. The zero-order chi connectivity index (χ0) is 12.6. The number of anilines is 2. The maximum atomic E-state index is 3.64. The van der Waals surface area contributed by atoms with E-state index in [1.807, 2.05) is 0 Å². The van der Waals surface area contributed by atoms with Crippen molar-refractivity contribution < 1.29 is 0 Å². The predicted octanol–water partition coefficient (Wildman–Crippen LogP) is 3.89. The van der Waals surface area contributed by atoms with E-state index in [1.54, 1.807) is 0 Å². The Bertz CT molecular complexity index is 400. The van der Waals surface area contributed by atoms with E-state index in [9.17, 15) is 0 Å². The SMILES string of the molecule is CC(Nc1ccc(N2CCCC2)cc1)C1(C)CC1. The van der Waals surface area contributed by atoms with E-state index in [4.69, 9.17) is 0 Å². The van der Waals surface area contributed by atoms with Gasteiger partial charge in [0.25, 0.3) is 0 Å². The Morgan fingerprint density at radius 3 is 2.28 bits per heavy atom. The van der Waals surface area contributed by atoms with Crippen molar-refractivity contribution in [2.75, 3.05) is 23.3 Å². The van der Waals surface area contributed by atoms with E-state index >= 15 is 0 Å². The number of benzene rings is 1. The number of rotatable bonds is 4. The van der Waals surface area contributed by atoms with Gasteiger partial charge in [-0.15, -0.1) is 0 Å². The molecule has 1 aromatic rings. The van der Waals surface area contributed by atoms with Gasteiger partial charge in [0.1, 0.15) is 0 Å². The van der Waals surface area contributed by atoms with E-state index in [1.165, 1.54) is 50.1 Å². The molecule has 0 spiro atoms. The quantitative estimate of drug-likeness (QED) is 0.864. The molecule has 1 heterocycles. The summed E-state index contributed by atoms with van der Waals surface area (Å²) in [5, 5.41) is 3.64. The first kappa shape index (κ1) is 11.9. The summed E-state index contributed by atoms with van der Waals surface area (Å²) in [7, 11) is 0. The summed E-state index contributed by atoms with van der Waals surface area (Å²) in [5.41, 5.74) is 3.18. The number of nitrogens with zero attached hydrogens (tertiary/aromatic N) is 1. The second kappa shape index (κ2) is 4.49. The molecule has 98 valence electrons. The summed E-state index contributed by atoms with van der Waals surface area (Å²) in [6, 6.07) is 9.56. The van der Waals surface area contributed by atoms with Gasteiger partial charge in [-0.05, 0) is 62.3 Å². The molecule has 2 heteroatoms. The van der Waals surface area contributed by atoms with Crippen molar-refractivity contribution in [1.29, 1.82) is 0 Å². The minimum Gasteiger partial charge on any atom is -0.382 e. The molecule has 0 aromatic heterocycles. The van der Waals surface area contributed by atoms with Gasteiger partial charge in [-0.2, -0.15) is 0 Å². The molecule has 0 amide bonds. The fourth-order valence-corrected chi connectivity index (χ4v) is 2.80. The maximum absolute atomic E-state index is 3.64. The van der Waals surface area contributed by atoms with Gasteiger partial charge in [0.2, 0.25) is 0 Å². The largest absolute Gasteiger partial charge is 0.382 e. The van der Waals surface area contributed by atoms with Gasteiger partial charge in [-0.25, -0.2) is 0 Å². The third-order valence-corrected chi connectivity index (χ3v) is 4.81. The van der Waals surface area contributed by atoms with Gasteiger partial charge in [-0.3, -0.25) is 0 Å². The summed E-state index contributed by atoms with van der Waals surface area (Å²) in [6.45, 7) is 7.13. The molecule has 1 aliphatic carbocycles. The molecule has 1 atom stereocenters. The van der Waals surface area contributed by atoms with Crippen LogP contribution < -0.4 is 10.2 Å². The van der Waals surface area contributed by atoms with Crippen molar-refractivity contribution in [2.24, 2.45) is 5.41 Å². The Balaban J connectivity index is 1.63. The highest BCUT2D eigenvalue weighted by molar-refractivity contribution is 5.56. The van der Waals surface area contributed by atoms with E-state index in [2.05, 4.69) is 48.3 Å². The number of hydrogen-bond acceptors (Lipinski definition) is 2. The molecule has 1 aliphatic heterocycles. The average molecular weight is 244 g/mol. The molecule has 1 saturated carbocycles. The molecule has 0 bridgehead atoms. The highest BCUT2D eigenvalue weighted by atomic mass is 15.1. The first-order chi connectivity index (χ1) is 8.67. The number of nitrogens with one attached hydrogen (secondary N) is 1. The summed E-state index contributed by atoms with van der Waals surface area (Å²) in [4.78, 5) is 2.48. The molecule has 2 nitrogen and oxygen atoms in total. The van der Waals surface area contributed by atoms with Gasteiger partial charge in [0.05, 0.1) is 0 Å². The summed E-state index contributed by atoms with van der Waals surface area (Å²) >= 11 is 0. The van der Waals surface area contributed by atoms with Crippen LogP contribution in [0.1, 0.15) is 39.5 Å². The summed E-state index contributed by atoms with van der Waals surface area (Å²) in [6.07, 6.45) is 5.42. The Morgan fingerprint density at radius 1 is 1.11 bits per heavy atom. The van der Waals surface area contributed by atoms with Gasteiger partial charge < -0.3 is 10.2 Å². The van der Waals surface area contributed by atoms with Crippen LogP contribution in [0.2, 0.25) is 0 Å². The molecule has 2 fully saturated rings. The normalized spacial score (nSPS) is 22.9. The second-order valence-corrected chi connectivity index (χ2v) is 6.26. The molecule has 0 radical (unpaired) electrons. The Kier molecular flexibility index (Phi) is 2.96. The lowest BCUT2D eigenvalue weighted by Gasteiger charge is -2.23. The molecule has 3 rings (SSSR count). The van der Waals surface area contributed by atoms with Crippen LogP contribution in [0.4, 0.5) is 11.4 Å². The lowest BCUT2D eigenvalue weighted by molar-refractivity contribution is 0.493. The van der Waals surface area contributed by atoms with E-state index in [0.717, 1.165) is 0 Å². The lowest BCUT2D eigenvalue weighted by Crippen LogP contribution is -2.25. The van der Waals surface area contributed by atoms with E-state index < -0.39 is 0 Å². The third-order valence-electron chi connectivity index (χ3n) is 4.81. The van der Waals surface area contributed by atoms with E-state index in [0.29, 0.717) is 11.5 Å². The van der Waals surface area contributed by atoms with Gasteiger partial charge >= 0.3 is 0 Å². The molecular formula is C16H24N2. The first-order valence-corrected chi connectivity index (χ1v) is 7.29. The van der Waals surface area contributed by atoms with E-state index in [-0.39, 0.29) is 0 Å². The number of hydrogen-bond donors (Lipinski definition) is 1. The lowest BCUT2D eigenvalue weighted by atomic mass is 10.0. The molecule has 1 aromatic carbocycles. The molecule has 18 heavy (non-hydrogen) atoms. The van der Waals surface area contributed by atoms with Crippen molar-refractivity contribution in [1.82, 2.24) is 0 Å². The van der Waals surface area contributed by atoms with Crippen LogP contribution in [0.25, 0.3) is 0 Å². The zero-order valence-corrected chi connectivity index (χ0v) is 11.6. The summed E-state index contributed by atoms with van der Waals surface area (Å²) < 4.78 is 0. The van der Waals surface area contributed by atoms with Crippen LogP contribution in [-0.2, 0) is 0 Å². The minimum absolute atomic E-state index is 0.535. The van der Waals surface area contributed by atoms with Crippen LogP contribution in [0.5, 0.6) is 0 Å². The zero-order valence-electron chi connectivity index (χ0n) is 11.6. The van der Waals surface area contributed by atoms with Crippen molar-refractivity contribution in [3.63, 3.8) is 0 Å². The first-order valence-electron chi connectivity index (χ1n) is 7.29. The average Bonchev–Trinajstić information content (AvgIpc) is 2.94. The molecular weight excluding hydrogens is 220 g/mol. The molecule has 1 unspecified atom stereocenters. The van der Waals surface area contributed by atoms with Crippen LogP contribution in [0.15, 0.2) is 24.3 Å². The molecule has 1 N–H and O–H groups in total. The highest BCUT2D eigenvalue weighted by Gasteiger charge is 2.42. The van der Waals surface area contributed by atoms with Crippen molar-refractivity contribution in [3.8, 4) is 0 Å². The Hall–Kier alpha value is -1.18. The van der Waals surface area contributed by atoms with Crippen LogP contribution >= 0.6 is 0 Å². The Morgan fingerprint density at radius 2 is 1.72 bits per heavy atom.